The van der Waals surface area contributed by atoms with Crippen molar-refractivity contribution in [2.45, 2.75) is 79.1 Å². The van der Waals surface area contributed by atoms with Crippen LogP contribution >= 0.6 is 31.9 Å². The summed E-state index contributed by atoms with van der Waals surface area (Å²) in [5, 5.41) is 0. The largest absolute Gasteiger partial charge is 0.354 e. The molecule has 0 saturated heterocycles. The molecule has 0 spiro atoms. The van der Waals surface area contributed by atoms with Gasteiger partial charge >= 0.3 is 0 Å². The Morgan fingerprint density at radius 1 is 0.575 bits per heavy atom. The van der Waals surface area contributed by atoms with Crippen LogP contribution in [-0.2, 0) is 12.8 Å². The first-order valence-electron chi connectivity index (χ1n) is 14.9. The van der Waals surface area contributed by atoms with E-state index < -0.39 is 0 Å². The maximum absolute atomic E-state index is 5.14. The van der Waals surface area contributed by atoms with Gasteiger partial charge in [0.25, 0.3) is 0 Å². The molecule has 2 aliphatic heterocycles. The third kappa shape index (κ3) is 6.08. The Balaban J connectivity index is 1.81. The van der Waals surface area contributed by atoms with Gasteiger partial charge in [-0.15, -0.1) is 0 Å². The maximum atomic E-state index is 5.14. The molecule has 2 N–H and O–H groups in total. The maximum Gasteiger partial charge on any atom is 0.0801 e. The summed E-state index contributed by atoms with van der Waals surface area (Å²) in [5.74, 6) is 1.24. The molecule has 0 saturated carbocycles. The van der Waals surface area contributed by atoms with Crippen molar-refractivity contribution in [3.05, 3.63) is 67.1 Å². The zero-order valence-electron chi connectivity index (χ0n) is 24.1. The van der Waals surface area contributed by atoms with E-state index in [0.717, 1.165) is 79.5 Å². The number of aromatic nitrogens is 4. The van der Waals surface area contributed by atoms with Crippen LogP contribution in [0.1, 0.15) is 100 Å². The fraction of sp³-hybridized carbons (Fsp3) is 0.412. The van der Waals surface area contributed by atoms with Crippen LogP contribution in [0.4, 0.5) is 0 Å². The third-order valence-electron chi connectivity index (χ3n) is 8.38. The Kier molecular flexibility index (Phi) is 9.47. The van der Waals surface area contributed by atoms with Gasteiger partial charge in [-0.2, -0.15) is 0 Å². The molecule has 4 nitrogen and oxygen atoms in total. The number of hydrogen-bond acceptors (Lipinski definition) is 2. The summed E-state index contributed by atoms with van der Waals surface area (Å²) >= 11 is 7.79. The summed E-state index contributed by atoms with van der Waals surface area (Å²) < 4.78 is 1.97. The Labute approximate surface area is 255 Å². The number of rotatable bonds is 10. The van der Waals surface area contributed by atoms with Crippen LogP contribution in [0.25, 0.3) is 46.4 Å². The van der Waals surface area contributed by atoms with E-state index in [2.05, 4.69) is 118 Å². The predicted molar refractivity (Wildman–Crippen MR) is 179 cm³/mol. The third-order valence-corrected chi connectivity index (χ3v) is 10.0. The Bertz CT molecular complexity index is 1480. The molecule has 210 valence electrons. The average molecular weight is 665 g/mol. The molecule has 40 heavy (non-hydrogen) atoms. The number of fused-ring (bicyclic) bond motifs is 8. The van der Waals surface area contributed by atoms with Crippen LogP contribution in [0.2, 0.25) is 0 Å². The molecule has 5 rings (SSSR count). The average Bonchev–Trinajstić information content (AvgIpc) is 3.79. The van der Waals surface area contributed by atoms with E-state index >= 15 is 0 Å². The summed E-state index contributed by atoms with van der Waals surface area (Å²) in [6.45, 7) is 9.15. The van der Waals surface area contributed by atoms with Crippen molar-refractivity contribution >= 4 is 78.2 Å². The molecule has 6 heteroatoms. The highest BCUT2D eigenvalue weighted by Gasteiger charge is 2.18. The van der Waals surface area contributed by atoms with Crippen LogP contribution in [-0.4, -0.2) is 19.9 Å². The highest BCUT2D eigenvalue weighted by molar-refractivity contribution is 9.11. The lowest BCUT2D eigenvalue weighted by molar-refractivity contribution is 0.462. The van der Waals surface area contributed by atoms with Crippen molar-refractivity contribution in [3.63, 3.8) is 0 Å². The van der Waals surface area contributed by atoms with E-state index in [0.29, 0.717) is 11.8 Å². The predicted octanol–water partition coefficient (Wildman–Crippen LogP) is 10.9. The highest BCUT2D eigenvalue weighted by atomic mass is 79.9. The second kappa shape index (κ2) is 13.0. The van der Waals surface area contributed by atoms with Crippen LogP contribution in [0.3, 0.4) is 0 Å². The van der Waals surface area contributed by atoms with Gasteiger partial charge in [0.2, 0.25) is 0 Å². The molecule has 0 radical (unpaired) electrons. The number of hydrogen-bond donors (Lipinski definition) is 2. The van der Waals surface area contributed by atoms with Crippen molar-refractivity contribution in [3.8, 4) is 0 Å². The number of H-pyrrole nitrogens is 2. The molecule has 2 unspecified atom stereocenters. The lowest BCUT2D eigenvalue weighted by Crippen LogP contribution is -2.05. The summed E-state index contributed by atoms with van der Waals surface area (Å²) in [5.41, 5.74) is 10.8. The molecule has 2 atom stereocenters. The highest BCUT2D eigenvalue weighted by Crippen LogP contribution is 2.33. The molecular weight excluding hydrogens is 624 g/mol. The summed E-state index contributed by atoms with van der Waals surface area (Å²) in [4.78, 5) is 17.7. The fourth-order valence-corrected chi connectivity index (χ4v) is 6.88. The molecule has 3 aromatic rings. The van der Waals surface area contributed by atoms with Gasteiger partial charge in [0.05, 0.1) is 42.8 Å². The molecule has 2 aliphatic rings. The second-order valence-corrected chi connectivity index (χ2v) is 12.7. The van der Waals surface area contributed by atoms with E-state index in [1.807, 2.05) is 0 Å². The van der Waals surface area contributed by atoms with E-state index in [1.165, 1.54) is 36.8 Å². The van der Waals surface area contributed by atoms with Gasteiger partial charge in [-0.1, -0.05) is 66.2 Å². The number of nitrogens with zero attached hydrogens (tertiary/aromatic N) is 2. The lowest BCUT2D eigenvalue weighted by atomic mass is 9.92. The van der Waals surface area contributed by atoms with Gasteiger partial charge in [0.1, 0.15) is 0 Å². The van der Waals surface area contributed by atoms with Crippen molar-refractivity contribution < 1.29 is 0 Å². The summed E-state index contributed by atoms with van der Waals surface area (Å²) in [6.07, 6.45) is 17.7. The van der Waals surface area contributed by atoms with Crippen LogP contribution < -0.4 is 0 Å². The summed E-state index contributed by atoms with van der Waals surface area (Å²) in [6, 6.07) is 8.76. The lowest BCUT2D eigenvalue weighted by Gasteiger charge is -2.14. The number of halogens is 2. The molecule has 0 fully saturated rings. The quantitative estimate of drug-likeness (QED) is 0.156. The van der Waals surface area contributed by atoms with Gasteiger partial charge in [0.15, 0.2) is 0 Å². The van der Waals surface area contributed by atoms with Crippen molar-refractivity contribution in [2.24, 2.45) is 11.8 Å². The molecule has 8 bridgehead atoms. The molecule has 5 heterocycles. The SMILES string of the molecule is CCCC(CC)Cc1c2nc(c(Br)c3nc(c(CC(CC)CCC)c4ccc([nH]4)c(Br)c4ccc1[nH]4)C=C3)C=C2. The standard InChI is InChI=1S/C34H40Br2N4/c1-5-9-21(7-3)19-23-25-11-15-29(37-25)33(35)31-17-13-27(39-31)24(20-22(8-4)10-6-2)28-14-18-32(40-28)34(36)30-16-12-26(23)38-30/h11-18,21-22,37,39H,5-10,19-20H2,1-4H3. The minimum atomic E-state index is 0.621. The number of aromatic amines is 2. The first kappa shape index (κ1) is 29.1. The monoisotopic (exact) mass is 662 g/mol. The van der Waals surface area contributed by atoms with Gasteiger partial charge in [0, 0.05) is 22.2 Å². The fourth-order valence-electron chi connectivity index (χ4n) is 5.98. The molecule has 0 aliphatic carbocycles. The van der Waals surface area contributed by atoms with Gasteiger partial charge in [-0.3, -0.25) is 0 Å². The van der Waals surface area contributed by atoms with Crippen molar-refractivity contribution in [1.29, 1.82) is 0 Å². The first-order valence-corrected chi connectivity index (χ1v) is 16.5. The minimum Gasteiger partial charge on any atom is -0.354 e. The van der Waals surface area contributed by atoms with E-state index in [9.17, 15) is 0 Å². The second-order valence-electron chi connectivity index (χ2n) is 11.1. The Hall–Kier alpha value is -2.44. The first-order chi connectivity index (χ1) is 19.4. The minimum absolute atomic E-state index is 0.621. The van der Waals surface area contributed by atoms with E-state index in [-0.39, 0.29) is 0 Å². The topological polar surface area (TPSA) is 57.4 Å². The van der Waals surface area contributed by atoms with Gasteiger partial charge in [-0.25, -0.2) is 9.97 Å². The summed E-state index contributed by atoms with van der Waals surface area (Å²) in [7, 11) is 0. The Morgan fingerprint density at radius 3 is 1.38 bits per heavy atom. The zero-order valence-corrected chi connectivity index (χ0v) is 27.3. The van der Waals surface area contributed by atoms with Crippen LogP contribution in [0.5, 0.6) is 0 Å². The van der Waals surface area contributed by atoms with Crippen LogP contribution in [0, 0.1) is 11.8 Å². The van der Waals surface area contributed by atoms with Gasteiger partial charge in [-0.05, 0) is 105 Å². The molecule has 0 amide bonds. The molecule has 0 aromatic carbocycles. The smallest absolute Gasteiger partial charge is 0.0801 e. The van der Waals surface area contributed by atoms with E-state index in [4.69, 9.17) is 9.97 Å². The van der Waals surface area contributed by atoms with Gasteiger partial charge < -0.3 is 9.97 Å². The van der Waals surface area contributed by atoms with E-state index in [1.54, 1.807) is 0 Å². The molecular formula is C34H40Br2N4. The van der Waals surface area contributed by atoms with Crippen LogP contribution in [0.15, 0.2) is 33.2 Å². The number of nitrogens with one attached hydrogen (secondary N) is 2. The Morgan fingerprint density at radius 2 is 0.975 bits per heavy atom. The normalized spacial score (nSPS) is 14.2. The van der Waals surface area contributed by atoms with Crippen molar-refractivity contribution in [1.82, 2.24) is 19.9 Å². The molecule has 3 aromatic heterocycles. The van der Waals surface area contributed by atoms with Crippen molar-refractivity contribution in [2.75, 3.05) is 0 Å². The zero-order chi connectivity index (χ0) is 28.2.